The van der Waals surface area contributed by atoms with Crippen molar-refractivity contribution in [2.75, 3.05) is 6.61 Å². The van der Waals surface area contributed by atoms with Gasteiger partial charge in [-0.1, -0.05) is 19.9 Å². The summed E-state index contributed by atoms with van der Waals surface area (Å²) in [7, 11) is 0. The number of aliphatic hydroxyl groups is 1. The molecule has 1 rings (SSSR count). The fourth-order valence-electron chi connectivity index (χ4n) is 1.99. The van der Waals surface area contributed by atoms with Gasteiger partial charge in [0, 0.05) is 6.07 Å². The summed E-state index contributed by atoms with van der Waals surface area (Å²) >= 11 is 0. The van der Waals surface area contributed by atoms with Crippen LogP contribution in [-0.4, -0.2) is 28.1 Å². The van der Waals surface area contributed by atoms with Gasteiger partial charge in [0.2, 0.25) is 0 Å². The molecule has 0 radical (unpaired) electrons. The summed E-state index contributed by atoms with van der Waals surface area (Å²) in [6.45, 7) is 5.26. The van der Waals surface area contributed by atoms with Crippen LogP contribution in [-0.2, 0) is 0 Å². The van der Waals surface area contributed by atoms with Gasteiger partial charge in [0.05, 0.1) is 17.1 Å². The van der Waals surface area contributed by atoms with Gasteiger partial charge in [-0.3, -0.25) is 14.9 Å². The first-order chi connectivity index (χ1) is 9.39. The van der Waals surface area contributed by atoms with Crippen LogP contribution in [0.5, 0.6) is 0 Å². The number of nitro groups is 1. The molecule has 2 N–H and O–H groups in total. The van der Waals surface area contributed by atoms with Crippen molar-refractivity contribution >= 4 is 11.6 Å². The third-order valence-electron chi connectivity index (χ3n) is 3.63. The van der Waals surface area contributed by atoms with Crippen molar-refractivity contribution in [1.82, 2.24) is 5.32 Å². The standard InChI is InChI=1S/C14H20N2O4/c1-4-14(5-2,9-17)15-13(18)11-8-10(3)6-7-12(11)16(19)20/h6-8,17H,4-5,9H2,1-3H3,(H,15,18). The summed E-state index contributed by atoms with van der Waals surface area (Å²) in [5.41, 5.74) is -0.181. The molecule has 0 atom stereocenters. The van der Waals surface area contributed by atoms with Crippen molar-refractivity contribution in [2.24, 2.45) is 0 Å². The van der Waals surface area contributed by atoms with Crippen LogP contribution >= 0.6 is 0 Å². The molecule has 0 saturated heterocycles. The summed E-state index contributed by atoms with van der Waals surface area (Å²) in [6, 6.07) is 4.40. The number of hydrogen-bond acceptors (Lipinski definition) is 4. The number of benzene rings is 1. The topological polar surface area (TPSA) is 92.5 Å². The predicted octanol–water partition coefficient (Wildman–Crippen LogP) is 2.18. The highest BCUT2D eigenvalue weighted by Gasteiger charge is 2.30. The van der Waals surface area contributed by atoms with Crippen molar-refractivity contribution in [3.8, 4) is 0 Å². The molecule has 0 aromatic heterocycles. The van der Waals surface area contributed by atoms with Crippen molar-refractivity contribution in [2.45, 2.75) is 39.2 Å². The molecule has 0 unspecified atom stereocenters. The van der Waals surface area contributed by atoms with Gasteiger partial charge in [-0.05, 0) is 31.4 Å². The van der Waals surface area contributed by atoms with Crippen molar-refractivity contribution < 1.29 is 14.8 Å². The minimum Gasteiger partial charge on any atom is -0.394 e. The van der Waals surface area contributed by atoms with Crippen molar-refractivity contribution in [3.05, 3.63) is 39.4 Å². The largest absolute Gasteiger partial charge is 0.394 e. The summed E-state index contributed by atoms with van der Waals surface area (Å²) < 4.78 is 0. The average Bonchev–Trinajstić information content (AvgIpc) is 2.44. The van der Waals surface area contributed by atoms with E-state index in [2.05, 4.69) is 5.32 Å². The average molecular weight is 280 g/mol. The van der Waals surface area contributed by atoms with E-state index in [1.165, 1.54) is 12.1 Å². The van der Waals surface area contributed by atoms with E-state index in [0.29, 0.717) is 12.8 Å². The minimum absolute atomic E-state index is 0.0229. The van der Waals surface area contributed by atoms with E-state index in [1.54, 1.807) is 13.0 Å². The molecule has 0 aliphatic carbocycles. The van der Waals surface area contributed by atoms with E-state index in [9.17, 15) is 20.0 Å². The van der Waals surface area contributed by atoms with Gasteiger partial charge >= 0.3 is 0 Å². The molecule has 1 aromatic rings. The van der Waals surface area contributed by atoms with Crippen LogP contribution in [0.1, 0.15) is 42.6 Å². The third-order valence-corrected chi connectivity index (χ3v) is 3.63. The van der Waals surface area contributed by atoms with Crippen molar-refractivity contribution in [1.29, 1.82) is 0 Å². The number of hydrogen-bond donors (Lipinski definition) is 2. The number of nitro benzene ring substituents is 1. The van der Waals surface area contributed by atoms with Crippen LogP contribution in [0.4, 0.5) is 5.69 Å². The highest BCUT2D eigenvalue weighted by molar-refractivity contribution is 5.98. The van der Waals surface area contributed by atoms with Gasteiger partial charge in [-0.15, -0.1) is 0 Å². The zero-order valence-electron chi connectivity index (χ0n) is 12.0. The first-order valence-corrected chi connectivity index (χ1v) is 6.57. The second-order valence-electron chi connectivity index (χ2n) is 4.88. The Bertz CT molecular complexity index is 502. The maximum absolute atomic E-state index is 12.3. The van der Waals surface area contributed by atoms with E-state index in [4.69, 9.17) is 0 Å². The Morgan fingerprint density at radius 1 is 1.40 bits per heavy atom. The Balaban J connectivity index is 3.15. The fourth-order valence-corrected chi connectivity index (χ4v) is 1.99. The lowest BCUT2D eigenvalue weighted by atomic mass is 9.93. The molecule has 20 heavy (non-hydrogen) atoms. The highest BCUT2D eigenvalue weighted by Crippen LogP contribution is 2.22. The summed E-state index contributed by atoms with van der Waals surface area (Å²) in [5.74, 6) is -0.529. The van der Waals surface area contributed by atoms with Gasteiger partial charge in [0.15, 0.2) is 0 Å². The second-order valence-corrected chi connectivity index (χ2v) is 4.88. The molecule has 0 fully saturated rings. The van der Waals surface area contributed by atoms with Crippen LogP contribution in [0.25, 0.3) is 0 Å². The molecule has 1 amide bonds. The normalized spacial score (nSPS) is 11.2. The Hall–Kier alpha value is -1.95. The van der Waals surface area contributed by atoms with Crippen LogP contribution in [0.2, 0.25) is 0 Å². The number of amides is 1. The number of rotatable bonds is 6. The molecule has 1 aromatic carbocycles. The van der Waals surface area contributed by atoms with Crippen LogP contribution in [0.3, 0.4) is 0 Å². The molecule has 0 aliphatic heterocycles. The maximum Gasteiger partial charge on any atom is 0.282 e. The number of nitrogens with one attached hydrogen (secondary N) is 1. The molecule has 110 valence electrons. The number of carbonyl (C=O) groups is 1. The fraction of sp³-hybridized carbons (Fsp3) is 0.500. The van der Waals surface area contributed by atoms with Gasteiger partial charge in [-0.2, -0.15) is 0 Å². The van der Waals surface area contributed by atoms with Crippen LogP contribution < -0.4 is 5.32 Å². The highest BCUT2D eigenvalue weighted by atomic mass is 16.6. The molecule has 0 heterocycles. The zero-order chi connectivity index (χ0) is 15.3. The lowest BCUT2D eigenvalue weighted by Crippen LogP contribution is -2.50. The zero-order valence-corrected chi connectivity index (χ0v) is 12.0. The van der Waals surface area contributed by atoms with E-state index < -0.39 is 16.4 Å². The number of nitrogens with zero attached hydrogens (tertiary/aromatic N) is 1. The van der Waals surface area contributed by atoms with E-state index >= 15 is 0 Å². The first kappa shape index (κ1) is 16.1. The third kappa shape index (κ3) is 3.33. The summed E-state index contributed by atoms with van der Waals surface area (Å²) in [5, 5.41) is 23.2. The van der Waals surface area contributed by atoms with Gasteiger partial charge < -0.3 is 10.4 Å². The van der Waals surface area contributed by atoms with Gasteiger partial charge in [0.25, 0.3) is 11.6 Å². The number of aliphatic hydroxyl groups excluding tert-OH is 1. The summed E-state index contributed by atoms with van der Waals surface area (Å²) in [4.78, 5) is 22.7. The lowest BCUT2D eigenvalue weighted by Gasteiger charge is -2.30. The first-order valence-electron chi connectivity index (χ1n) is 6.57. The molecule has 0 aliphatic rings. The molecule has 6 nitrogen and oxygen atoms in total. The number of aryl methyl sites for hydroxylation is 1. The van der Waals surface area contributed by atoms with Crippen molar-refractivity contribution in [3.63, 3.8) is 0 Å². The predicted molar refractivity (Wildman–Crippen MR) is 75.7 cm³/mol. The quantitative estimate of drug-likeness (QED) is 0.617. The Morgan fingerprint density at radius 3 is 2.45 bits per heavy atom. The number of carbonyl (C=O) groups excluding carboxylic acids is 1. The Morgan fingerprint density at radius 2 is 2.00 bits per heavy atom. The molecule has 0 saturated carbocycles. The molecule has 0 spiro atoms. The minimum atomic E-state index is -0.741. The lowest BCUT2D eigenvalue weighted by molar-refractivity contribution is -0.385. The second kappa shape index (κ2) is 6.47. The smallest absolute Gasteiger partial charge is 0.282 e. The maximum atomic E-state index is 12.3. The SMILES string of the molecule is CCC(CC)(CO)NC(=O)c1cc(C)ccc1[N+](=O)[O-]. The van der Waals surface area contributed by atoms with E-state index in [0.717, 1.165) is 5.56 Å². The Kier molecular flexibility index (Phi) is 5.21. The molecular formula is C14H20N2O4. The Labute approximate surface area is 118 Å². The van der Waals surface area contributed by atoms with Crippen LogP contribution in [0.15, 0.2) is 18.2 Å². The van der Waals surface area contributed by atoms with Crippen LogP contribution in [0, 0.1) is 17.0 Å². The molecular weight excluding hydrogens is 260 g/mol. The molecule has 6 heteroatoms. The van der Waals surface area contributed by atoms with Gasteiger partial charge in [-0.25, -0.2) is 0 Å². The monoisotopic (exact) mass is 280 g/mol. The summed E-state index contributed by atoms with van der Waals surface area (Å²) in [6.07, 6.45) is 1.09. The van der Waals surface area contributed by atoms with E-state index in [1.807, 2.05) is 13.8 Å². The van der Waals surface area contributed by atoms with E-state index in [-0.39, 0.29) is 17.9 Å². The molecule has 0 bridgehead atoms. The van der Waals surface area contributed by atoms with Gasteiger partial charge in [0.1, 0.15) is 5.56 Å².